The second-order valence-corrected chi connectivity index (χ2v) is 6.37. The number of aryl methyl sites for hydroxylation is 2. The Morgan fingerprint density at radius 2 is 2.04 bits per heavy atom. The molecule has 2 aromatic rings. The number of aromatic nitrogens is 1. The molecule has 0 aliphatic carbocycles. The highest BCUT2D eigenvalue weighted by Gasteiger charge is 2.18. The van der Waals surface area contributed by atoms with Crippen molar-refractivity contribution in [2.45, 2.75) is 32.8 Å². The lowest BCUT2D eigenvalue weighted by Gasteiger charge is -2.14. The van der Waals surface area contributed by atoms with E-state index < -0.39 is 0 Å². The third-order valence-electron chi connectivity index (χ3n) is 4.24. The average molecular weight is 333 g/mol. The van der Waals surface area contributed by atoms with Crippen molar-refractivity contribution < 1.29 is 9.53 Å². The molecule has 1 fully saturated rings. The Bertz CT molecular complexity index is 698. The number of hydrogen-bond donors (Lipinski definition) is 1. The summed E-state index contributed by atoms with van der Waals surface area (Å²) in [4.78, 5) is 12.5. The fourth-order valence-electron chi connectivity index (χ4n) is 3.01. The Morgan fingerprint density at radius 3 is 2.70 bits per heavy atom. The molecule has 1 aliphatic heterocycles. The standard InChI is InChI=1S/C18H21ClN2O2/c1-12-5-6-13(2)21(12)14-7-8-17(19)16(10-14)18(22)20-11-15-4-3-9-23-15/h5-8,10,15H,3-4,9,11H2,1-2H3,(H,20,22)/t15-/m1/s1. The molecule has 1 atom stereocenters. The summed E-state index contributed by atoms with van der Waals surface area (Å²) in [5.41, 5.74) is 3.68. The van der Waals surface area contributed by atoms with Crippen molar-refractivity contribution in [3.63, 3.8) is 0 Å². The Hall–Kier alpha value is -1.78. The summed E-state index contributed by atoms with van der Waals surface area (Å²) in [6.07, 6.45) is 2.17. The van der Waals surface area contributed by atoms with E-state index in [0.29, 0.717) is 17.1 Å². The van der Waals surface area contributed by atoms with Crippen LogP contribution in [-0.2, 0) is 4.74 Å². The molecule has 1 amide bonds. The second-order valence-electron chi connectivity index (χ2n) is 5.96. The maximum atomic E-state index is 12.5. The first-order valence-corrected chi connectivity index (χ1v) is 8.29. The lowest BCUT2D eigenvalue weighted by atomic mass is 10.1. The van der Waals surface area contributed by atoms with Crippen LogP contribution in [-0.4, -0.2) is 29.7 Å². The van der Waals surface area contributed by atoms with Crippen molar-refractivity contribution in [3.05, 3.63) is 52.3 Å². The molecule has 1 N–H and O–H groups in total. The van der Waals surface area contributed by atoms with Crippen molar-refractivity contribution in [1.82, 2.24) is 9.88 Å². The van der Waals surface area contributed by atoms with E-state index in [1.165, 1.54) is 0 Å². The van der Waals surface area contributed by atoms with E-state index in [2.05, 4.69) is 22.0 Å². The Balaban J connectivity index is 1.81. The fourth-order valence-corrected chi connectivity index (χ4v) is 3.21. The van der Waals surface area contributed by atoms with Gasteiger partial charge in [-0.1, -0.05) is 11.6 Å². The van der Waals surface area contributed by atoms with Crippen molar-refractivity contribution in [2.75, 3.05) is 13.2 Å². The largest absolute Gasteiger partial charge is 0.376 e. The molecule has 1 aromatic carbocycles. The van der Waals surface area contributed by atoms with Gasteiger partial charge >= 0.3 is 0 Å². The average Bonchev–Trinajstić information content (AvgIpc) is 3.16. The van der Waals surface area contributed by atoms with Gasteiger partial charge in [-0.05, 0) is 57.0 Å². The molecule has 23 heavy (non-hydrogen) atoms. The van der Waals surface area contributed by atoms with Crippen molar-refractivity contribution in [1.29, 1.82) is 0 Å². The van der Waals surface area contributed by atoms with E-state index in [0.717, 1.165) is 36.5 Å². The zero-order chi connectivity index (χ0) is 16.4. The van der Waals surface area contributed by atoms with Gasteiger partial charge in [-0.2, -0.15) is 0 Å². The van der Waals surface area contributed by atoms with Gasteiger partial charge in [0.1, 0.15) is 0 Å². The van der Waals surface area contributed by atoms with Crippen molar-refractivity contribution >= 4 is 17.5 Å². The normalized spacial score (nSPS) is 17.4. The SMILES string of the molecule is Cc1ccc(C)n1-c1ccc(Cl)c(C(=O)NC[C@H]2CCCO2)c1. The second kappa shape index (κ2) is 6.77. The quantitative estimate of drug-likeness (QED) is 0.928. The molecule has 0 unspecified atom stereocenters. The maximum absolute atomic E-state index is 12.5. The number of benzene rings is 1. The predicted molar refractivity (Wildman–Crippen MR) is 91.6 cm³/mol. The molecule has 5 heteroatoms. The van der Waals surface area contributed by atoms with Crippen LogP contribution in [0.1, 0.15) is 34.6 Å². The van der Waals surface area contributed by atoms with Gasteiger partial charge in [0.25, 0.3) is 5.91 Å². The summed E-state index contributed by atoms with van der Waals surface area (Å²) in [5.74, 6) is -0.158. The van der Waals surface area contributed by atoms with Crippen LogP contribution in [0.5, 0.6) is 0 Å². The highest BCUT2D eigenvalue weighted by molar-refractivity contribution is 6.33. The van der Waals surface area contributed by atoms with Crippen molar-refractivity contribution in [3.8, 4) is 5.69 Å². The van der Waals surface area contributed by atoms with Crippen LogP contribution in [0, 0.1) is 13.8 Å². The zero-order valence-electron chi connectivity index (χ0n) is 13.4. The number of nitrogens with one attached hydrogen (secondary N) is 1. The molecule has 2 heterocycles. The zero-order valence-corrected chi connectivity index (χ0v) is 14.2. The smallest absolute Gasteiger partial charge is 0.252 e. The van der Waals surface area contributed by atoms with Gasteiger partial charge in [-0.25, -0.2) is 0 Å². The highest BCUT2D eigenvalue weighted by Crippen LogP contribution is 2.23. The number of nitrogens with zero attached hydrogens (tertiary/aromatic N) is 1. The predicted octanol–water partition coefficient (Wildman–Crippen LogP) is 3.66. The summed E-state index contributed by atoms with van der Waals surface area (Å²) in [5, 5.41) is 3.39. The molecule has 0 bridgehead atoms. The lowest BCUT2D eigenvalue weighted by Crippen LogP contribution is -2.32. The van der Waals surface area contributed by atoms with Gasteiger partial charge in [0.2, 0.25) is 0 Å². The van der Waals surface area contributed by atoms with Crippen LogP contribution in [0.15, 0.2) is 30.3 Å². The van der Waals surface area contributed by atoms with Gasteiger partial charge in [-0.3, -0.25) is 4.79 Å². The third-order valence-corrected chi connectivity index (χ3v) is 4.57. The van der Waals surface area contributed by atoms with Crippen LogP contribution in [0.3, 0.4) is 0 Å². The van der Waals surface area contributed by atoms with Crippen LogP contribution < -0.4 is 5.32 Å². The number of ether oxygens (including phenoxy) is 1. The van der Waals surface area contributed by atoms with Gasteiger partial charge in [0.15, 0.2) is 0 Å². The van der Waals surface area contributed by atoms with Crippen molar-refractivity contribution in [2.24, 2.45) is 0 Å². The summed E-state index contributed by atoms with van der Waals surface area (Å²) in [6, 6.07) is 9.66. The first-order chi connectivity index (χ1) is 11.1. The Kier molecular flexibility index (Phi) is 4.74. The van der Waals surface area contributed by atoms with E-state index in [9.17, 15) is 4.79 Å². The molecule has 1 aromatic heterocycles. The number of carbonyl (C=O) groups is 1. The highest BCUT2D eigenvalue weighted by atomic mass is 35.5. The number of hydrogen-bond acceptors (Lipinski definition) is 2. The monoisotopic (exact) mass is 332 g/mol. The lowest BCUT2D eigenvalue weighted by molar-refractivity contribution is 0.0858. The first-order valence-electron chi connectivity index (χ1n) is 7.91. The van der Waals surface area contributed by atoms with Gasteiger partial charge in [-0.15, -0.1) is 0 Å². The van der Waals surface area contributed by atoms with E-state index in [4.69, 9.17) is 16.3 Å². The minimum Gasteiger partial charge on any atom is -0.376 e. The first kappa shape index (κ1) is 16.1. The number of rotatable bonds is 4. The van der Waals surface area contributed by atoms with E-state index >= 15 is 0 Å². The molecule has 1 aliphatic rings. The summed E-state index contributed by atoms with van der Waals surface area (Å²) < 4.78 is 7.64. The van der Waals surface area contributed by atoms with Crippen LogP contribution in [0.2, 0.25) is 5.02 Å². The number of amides is 1. The van der Waals surface area contributed by atoms with E-state index in [-0.39, 0.29) is 12.0 Å². The fraction of sp³-hybridized carbons (Fsp3) is 0.389. The topological polar surface area (TPSA) is 43.3 Å². The molecule has 122 valence electrons. The molecule has 0 radical (unpaired) electrons. The molecule has 1 saturated heterocycles. The third kappa shape index (κ3) is 3.43. The van der Waals surface area contributed by atoms with Gasteiger partial charge in [0.05, 0.1) is 16.7 Å². The number of halogens is 1. The Morgan fingerprint density at radius 1 is 1.30 bits per heavy atom. The van der Waals surface area contributed by atoms with Gasteiger partial charge in [0, 0.05) is 30.2 Å². The van der Waals surface area contributed by atoms with E-state index in [1.54, 1.807) is 6.07 Å². The minimum absolute atomic E-state index is 0.120. The minimum atomic E-state index is -0.158. The molecular formula is C18H21ClN2O2. The molecule has 3 rings (SSSR count). The summed E-state index contributed by atoms with van der Waals surface area (Å²) >= 11 is 6.23. The van der Waals surface area contributed by atoms with Crippen LogP contribution in [0.25, 0.3) is 5.69 Å². The molecule has 4 nitrogen and oxygen atoms in total. The summed E-state index contributed by atoms with van der Waals surface area (Å²) in [7, 11) is 0. The summed E-state index contributed by atoms with van der Waals surface area (Å²) in [6.45, 7) is 5.39. The van der Waals surface area contributed by atoms with E-state index in [1.807, 2.05) is 26.0 Å². The molecular weight excluding hydrogens is 312 g/mol. The number of carbonyl (C=O) groups excluding carboxylic acids is 1. The van der Waals surface area contributed by atoms with Gasteiger partial charge < -0.3 is 14.6 Å². The Labute approximate surface area is 141 Å². The maximum Gasteiger partial charge on any atom is 0.252 e. The van der Waals surface area contributed by atoms with Crippen LogP contribution in [0.4, 0.5) is 0 Å². The molecule has 0 spiro atoms. The molecule has 0 saturated carbocycles. The van der Waals surface area contributed by atoms with Crippen LogP contribution >= 0.6 is 11.6 Å².